The summed E-state index contributed by atoms with van der Waals surface area (Å²) in [5, 5.41) is 6.90. The molecule has 0 saturated heterocycles. The van der Waals surface area contributed by atoms with Gasteiger partial charge in [0.15, 0.2) is 18.1 Å². The summed E-state index contributed by atoms with van der Waals surface area (Å²) < 4.78 is 16.0. The van der Waals surface area contributed by atoms with Gasteiger partial charge in [0.2, 0.25) is 5.91 Å². The first kappa shape index (κ1) is 25.3. The summed E-state index contributed by atoms with van der Waals surface area (Å²) in [6.07, 6.45) is 1.68. The largest absolute Gasteiger partial charge is 0.493 e. The van der Waals surface area contributed by atoms with E-state index in [4.69, 9.17) is 14.2 Å². The second-order valence-corrected chi connectivity index (χ2v) is 7.72. The van der Waals surface area contributed by atoms with Crippen LogP contribution in [0, 0.1) is 0 Å². The monoisotopic (exact) mass is 475 g/mol. The van der Waals surface area contributed by atoms with Gasteiger partial charge >= 0.3 is 0 Å². The number of hydrogen-bond donors (Lipinski definition) is 2. The highest BCUT2D eigenvalue weighted by Crippen LogP contribution is 2.27. The Hall–Kier alpha value is -4.33. The third-order valence-electron chi connectivity index (χ3n) is 5.14. The number of rotatable bonds is 11. The van der Waals surface area contributed by atoms with Crippen LogP contribution in [0.1, 0.15) is 29.7 Å². The minimum absolute atomic E-state index is 0.0865. The molecule has 0 unspecified atom stereocenters. The van der Waals surface area contributed by atoms with Gasteiger partial charge in [-0.15, -0.1) is 0 Å². The van der Waals surface area contributed by atoms with Crippen molar-refractivity contribution in [2.45, 2.75) is 19.4 Å². The normalized spacial score (nSPS) is 11.5. The van der Waals surface area contributed by atoms with Crippen LogP contribution in [0.4, 0.5) is 0 Å². The van der Waals surface area contributed by atoms with E-state index in [0.717, 1.165) is 16.7 Å². The van der Waals surface area contributed by atoms with Gasteiger partial charge in [0.05, 0.1) is 32.9 Å². The summed E-state index contributed by atoms with van der Waals surface area (Å²) in [4.78, 5) is 24.3. The number of nitrogens with one attached hydrogen (secondary N) is 2. The lowest BCUT2D eigenvalue weighted by atomic mass is 10.1. The number of ether oxygens (including phenoxy) is 3. The number of methoxy groups -OCH3 is 2. The number of carbonyl (C=O) groups is 2. The molecular weight excluding hydrogens is 446 g/mol. The molecule has 0 aromatic heterocycles. The number of amides is 2. The van der Waals surface area contributed by atoms with Crippen molar-refractivity contribution in [3.8, 4) is 17.2 Å². The standard InChI is InChI=1S/C27H29N3O5/c1-19(22-7-5-4-6-8-22)29-27(32)18-35-23-12-9-20(10-13-23)17-28-30-26(31)16-21-11-14-24(33-2)25(15-21)34-3/h4-15,17,19H,16,18H2,1-3H3,(H,29,32)(H,30,31)/b28-17-/t19-/m1/s1. The van der Waals surface area contributed by atoms with Crippen LogP contribution < -0.4 is 25.0 Å². The predicted octanol–water partition coefficient (Wildman–Crippen LogP) is 3.65. The maximum absolute atomic E-state index is 12.2. The smallest absolute Gasteiger partial charge is 0.258 e. The van der Waals surface area contributed by atoms with E-state index in [1.54, 1.807) is 56.7 Å². The fraction of sp³-hybridized carbons (Fsp3) is 0.222. The second kappa shape index (κ2) is 12.8. The van der Waals surface area contributed by atoms with Crippen LogP contribution in [0.2, 0.25) is 0 Å². The minimum atomic E-state index is -0.260. The first-order chi connectivity index (χ1) is 17.0. The third kappa shape index (κ3) is 7.89. The van der Waals surface area contributed by atoms with Crippen molar-refractivity contribution >= 4 is 18.0 Å². The van der Waals surface area contributed by atoms with Crippen molar-refractivity contribution < 1.29 is 23.8 Å². The average Bonchev–Trinajstić information content (AvgIpc) is 2.88. The molecule has 0 heterocycles. The van der Waals surface area contributed by atoms with E-state index < -0.39 is 0 Å². The lowest BCUT2D eigenvalue weighted by Crippen LogP contribution is -2.31. The Morgan fingerprint density at radius 1 is 0.914 bits per heavy atom. The Bertz CT molecular complexity index is 1150. The summed E-state index contributed by atoms with van der Waals surface area (Å²) in [6.45, 7) is 1.84. The number of nitrogens with zero attached hydrogens (tertiary/aromatic N) is 1. The van der Waals surface area contributed by atoms with Crippen LogP contribution in [0.15, 0.2) is 77.9 Å². The van der Waals surface area contributed by atoms with Gasteiger partial charge < -0.3 is 19.5 Å². The molecule has 2 N–H and O–H groups in total. The molecule has 0 aliphatic heterocycles. The van der Waals surface area contributed by atoms with Gasteiger partial charge in [-0.1, -0.05) is 36.4 Å². The van der Waals surface area contributed by atoms with Crippen molar-refractivity contribution in [3.05, 3.63) is 89.5 Å². The molecule has 0 spiro atoms. The Balaban J connectivity index is 1.43. The van der Waals surface area contributed by atoms with Crippen LogP contribution in [0.3, 0.4) is 0 Å². The zero-order valence-corrected chi connectivity index (χ0v) is 20.0. The van der Waals surface area contributed by atoms with E-state index in [-0.39, 0.29) is 30.9 Å². The highest BCUT2D eigenvalue weighted by Gasteiger charge is 2.10. The molecule has 0 aliphatic rings. The van der Waals surface area contributed by atoms with Crippen molar-refractivity contribution in [1.82, 2.24) is 10.7 Å². The zero-order valence-electron chi connectivity index (χ0n) is 20.0. The minimum Gasteiger partial charge on any atom is -0.493 e. The van der Waals surface area contributed by atoms with Gasteiger partial charge in [0, 0.05) is 0 Å². The molecule has 0 fully saturated rings. The van der Waals surface area contributed by atoms with Crippen LogP contribution in [0.5, 0.6) is 17.2 Å². The molecule has 0 bridgehead atoms. The third-order valence-corrected chi connectivity index (χ3v) is 5.14. The molecule has 3 rings (SSSR count). The average molecular weight is 476 g/mol. The van der Waals surface area contributed by atoms with Crippen LogP contribution in [-0.4, -0.2) is 38.9 Å². The van der Waals surface area contributed by atoms with Crippen LogP contribution >= 0.6 is 0 Å². The first-order valence-electron chi connectivity index (χ1n) is 11.1. The highest BCUT2D eigenvalue weighted by atomic mass is 16.5. The van der Waals surface area contributed by atoms with Crippen molar-refractivity contribution in [2.75, 3.05) is 20.8 Å². The fourth-order valence-corrected chi connectivity index (χ4v) is 3.30. The molecule has 8 nitrogen and oxygen atoms in total. The Morgan fingerprint density at radius 3 is 2.31 bits per heavy atom. The molecule has 2 amide bonds. The maximum atomic E-state index is 12.2. The van der Waals surface area contributed by atoms with E-state index in [1.165, 1.54) is 6.21 Å². The molecule has 1 atom stereocenters. The molecule has 3 aromatic rings. The molecule has 3 aromatic carbocycles. The van der Waals surface area contributed by atoms with E-state index in [9.17, 15) is 9.59 Å². The fourth-order valence-electron chi connectivity index (χ4n) is 3.30. The summed E-state index contributed by atoms with van der Waals surface area (Å²) >= 11 is 0. The van der Waals surface area contributed by atoms with Crippen molar-refractivity contribution in [3.63, 3.8) is 0 Å². The van der Waals surface area contributed by atoms with Crippen molar-refractivity contribution in [2.24, 2.45) is 5.10 Å². The topological polar surface area (TPSA) is 98.3 Å². The maximum Gasteiger partial charge on any atom is 0.258 e. The molecule has 35 heavy (non-hydrogen) atoms. The van der Waals surface area contributed by atoms with Gasteiger partial charge in [-0.3, -0.25) is 9.59 Å². The van der Waals surface area contributed by atoms with Crippen molar-refractivity contribution in [1.29, 1.82) is 0 Å². The van der Waals surface area contributed by atoms with Gasteiger partial charge in [-0.05, 0) is 60.0 Å². The quantitative estimate of drug-likeness (QED) is 0.326. The van der Waals surface area contributed by atoms with E-state index in [0.29, 0.717) is 17.2 Å². The molecule has 8 heteroatoms. The number of carbonyl (C=O) groups excluding carboxylic acids is 2. The molecular formula is C27H29N3O5. The lowest BCUT2D eigenvalue weighted by Gasteiger charge is -2.14. The Kier molecular flexibility index (Phi) is 9.24. The molecule has 182 valence electrons. The number of hydrogen-bond acceptors (Lipinski definition) is 6. The molecule has 0 saturated carbocycles. The molecule has 0 radical (unpaired) electrons. The van der Waals surface area contributed by atoms with Crippen LogP contribution in [-0.2, 0) is 16.0 Å². The van der Waals surface area contributed by atoms with E-state index in [1.807, 2.05) is 37.3 Å². The predicted molar refractivity (Wildman–Crippen MR) is 134 cm³/mol. The van der Waals surface area contributed by atoms with Crippen LogP contribution in [0.25, 0.3) is 0 Å². The molecule has 0 aliphatic carbocycles. The number of benzene rings is 3. The van der Waals surface area contributed by atoms with Gasteiger partial charge in [0.25, 0.3) is 5.91 Å². The zero-order chi connectivity index (χ0) is 25.0. The van der Waals surface area contributed by atoms with Gasteiger partial charge in [-0.25, -0.2) is 5.43 Å². The summed E-state index contributed by atoms with van der Waals surface area (Å²) in [7, 11) is 3.10. The first-order valence-corrected chi connectivity index (χ1v) is 11.1. The summed E-state index contributed by atoms with van der Waals surface area (Å²) in [5.41, 5.74) is 5.08. The van der Waals surface area contributed by atoms with E-state index >= 15 is 0 Å². The summed E-state index contributed by atoms with van der Waals surface area (Å²) in [5.74, 6) is 1.26. The number of hydrazone groups is 1. The Labute approximate surface area is 204 Å². The SMILES string of the molecule is COc1ccc(CC(=O)N/N=C\c2ccc(OCC(=O)N[C@H](C)c3ccccc3)cc2)cc1OC. The highest BCUT2D eigenvalue weighted by molar-refractivity contribution is 5.83. The van der Waals surface area contributed by atoms with E-state index in [2.05, 4.69) is 15.8 Å². The summed E-state index contributed by atoms with van der Waals surface area (Å²) in [6, 6.07) is 22.0. The van der Waals surface area contributed by atoms with Gasteiger partial charge in [0.1, 0.15) is 5.75 Å². The Morgan fingerprint density at radius 2 is 1.63 bits per heavy atom. The second-order valence-electron chi connectivity index (χ2n) is 7.72. The lowest BCUT2D eigenvalue weighted by molar-refractivity contribution is -0.123. The van der Waals surface area contributed by atoms with Gasteiger partial charge in [-0.2, -0.15) is 5.10 Å².